The largest absolute Gasteiger partial charge is 0.493 e. The third-order valence-corrected chi connectivity index (χ3v) is 6.94. The van der Waals surface area contributed by atoms with Crippen LogP contribution in [0, 0.1) is 5.92 Å². The molecule has 0 spiro atoms. The Morgan fingerprint density at radius 3 is 2.89 bits per heavy atom. The number of sulfonamides is 1. The molecule has 2 N–H and O–H groups in total. The zero-order chi connectivity index (χ0) is 19.6. The summed E-state index contributed by atoms with van der Waals surface area (Å²) >= 11 is 0. The molecule has 1 aromatic carbocycles. The molecule has 2 unspecified atom stereocenters. The molecule has 148 valence electrons. The average molecular weight is 396 g/mol. The Bertz CT molecular complexity index is 838. The molecular formula is C18H24N2O6S. The summed E-state index contributed by atoms with van der Waals surface area (Å²) in [6.45, 7) is 2.61. The van der Waals surface area contributed by atoms with Crippen molar-refractivity contribution in [2.45, 2.75) is 32.2 Å². The second-order valence-electron chi connectivity index (χ2n) is 6.84. The highest BCUT2D eigenvalue weighted by atomic mass is 32.2. The molecule has 8 nitrogen and oxygen atoms in total. The summed E-state index contributed by atoms with van der Waals surface area (Å²) in [5.41, 5.74) is 1.40. The van der Waals surface area contributed by atoms with Gasteiger partial charge in [-0.2, -0.15) is 0 Å². The number of carboxylic acids is 1. The number of aliphatic carboxylic acids is 1. The van der Waals surface area contributed by atoms with Crippen LogP contribution in [0.5, 0.6) is 5.75 Å². The van der Waals surface area contributed by atoms with Crippen molar-refractivity contribution in [3.8, 4) is 5.75 Å². The number of nitrogens with zero attached hydrogens (tertiary/aromatic N) is 1. The number of carboxylic acid groups (broad SMARTS) is 1. The maximum Gasteiger partial charge on any atom is 0.330 e. The van der Waals surface area contributed by atoms with Gasteiger partial charge in [0.2, 0.25) is 15.9 Å². The monoisotopic (exact) mass is 396 g/mol. The van der Waals surface area contributed by atoms with E-state index in [9.17, 15) is 23.1 Å². The molecule has 2 aliphatic heterocycles. The van der Waals surface area contributed by atoms with Crippen LogP contribution >= 0.6 is 0 Å². The number of rotatable bonds is 6. The van der Waals surface area contributed by atoms with Crippen LogP contribution in [0.3, 0.4) is 0 Å². The van der Waals surface area contributed by atoms with Crippen molar-refractivity contribution in [3.05, 3.63) is 29.3 Å². The van der Waals surface area contributed by atoms with Crippen molar-refractivity contribution in [1.29, 1.82) is 0 Å². The number of ether oxygens (including phenoxy) is 1. The molecule has 0 radical (unpaired) electrons. The lowest BCUT2D eigenvalue weighted by Gasteiger charge is -2.31. The molecule has 2 atom stereocenters. The van der Waals surface area contributed by atoms with Gasteiger partial charge in [0.1, 0.15) is 5.75 Å². The number of amides is 1. The normalized spacial score (nSPS) is 21.1. The predicted molar refractivity (Wildman–Crippen MR) is 97.9 cm³/mol. The topological polar surface area (TPSA) is 113 Å². The lowest BCUT2D eigenvalue weighted by molar-refractivity contribution is -0.143. The number of fused-ring (bicyclic) bond motifs is 1. The van der Waals surface area contributed by atoms with Crippen LogP contribution in [0.4, 0.5) is 0 Å². The quantitative estimate of drug-likeness (QED) is 0.739. The molecule has 0 aliphatic carbocycles. The molecule has 0 aromatic heterocycles. The van der Waals surface area contributed by atoms with Crippen LogP contribution in [0.25, 0.3) is 0 Å². The van der Waals surface area contributed by atoms with Gasteiger partial charge in [-0.3, -0.25) is 4.79 Å². The Balaban J connectivity index is 1.73. The predicted octanol–water partition coefficient (Wildman–Crippen LogP) is 0.925. The Kier molecular flexibility index (Phi) is 5.71. The van der Waals surface area contributed by atoms with Crippen LogP contribution in [-0.2, 0) is 26.0 Å². The molecule has 27 heavy (non-hydrogen) atoms. The molecule has 1 fully saturated rings. The zero-order valence-electron chi connectivity index (χ0n) is 15.2. The van der Waals surface area contributed by atoms with Crippen molar-refractivity contribution < 1.29 is 27.9 Å². The minimum Gasteiger partial charge on any atom is -0.493 e. The highest BCUT2D eigenvalue weighted by Crippen LogP contribution is 2.29. The molecule has 9 heteroatoms. The van der Waals surface area contributed by atoms with Crippen molar-refractivity contribution in [1.82, 2.24) is 9.62 Å². The van der Waals surface area contributed by atoms with Crippen LogP contribution in [0.15, 0.2) is 18.2 Å². The maximum atomic E-state index is 12.7. The van der Waals surface area contributed by atoms with E-state index in [0.29, 0.717) is 38.0 Å². The fourth-order valence-electron chi connectivity index (χ4n) is 3.53. The maximum absolute atomic E-state index is 12.7. The van der Waals surface area contributed by atoms with Crippen molar-refractivity contribution >= 4 is 21.9 Å². The lowest BCUT2D eigenvalue weighted by atomic mass is 9.97. The van der Waals surface area contributed by atoms with Crippen LogP contribution < -0.4 is 10.1 Å². The van der Waals surface area contributed by atoms with Crippen LogP contribution in [0.1, 0.15) is 36.9 Å². The lowest BCUT2D eigenvalue weighted by Crippen LogP contribution is -2.47. The molecule has 2 heterocycles. The number of carbonyl (C=O) groups excluding carboxylic acids is 1. The van der Waals surface area contributed by atoms with Gasteiger partial charge in [0, 0.05) is 19.5 Å². The third kappa shape index (κ3) is 4.24. The minimum atomic E-state index is -3.37. The summed E-state index contributed by atoms with van der Waals surface area (Å²) < 4.78 is 30.9. The Morgan fingerprint density at radius 1 is 1.41 bits per heavy atom. The van der Waals surface area contributed by atoms with Crippen molar-refractivity contribution in [2.24, 2.45) is 5.92 Å². The highest BCUT2D eigenvalue weighted by Gasteiger charge is 2.33. The highest BCUT2D eigenvalue weighted by molar-refractivity contribution is 7.89. The zero-order valence-corrected chi connectivity index (χ0v) is 16.0. The van der Waals surface area contributed by atoms with E-state index in [4.69, 9.17) is 4.74 Å². The summed E-state index contributed by atoms with van der Waals surface area (Å²) in [6, 6.07) is 3.92. The van der Waals surface area contributed by atoms with E-state index in [-0.39, 0.29) is 12.3 Å². The first-order valence-electron chi connectivity index (χ1n) is 9.08. The third-order valence-electron chi connectivity index (χ3n) is 5.09. The van der Waals surface area contributed by atoms with E-state index >= 15 is 0 Å². The molecule has 0 bridgehead atoms. The van der Waals surface area contributed by atoms with Gasteiger partial charge in [-0.1, -0.05) is 6.07 Å². The Morgan fingerprint density at radius 2 is 2.19 bits per heavy atom. The second kappa shape index (κ2) is 7.85. The van der Waals surface area contributed by atoms with Gasteiger partial charge in [0.05, 0.1) is 18.3 Å². The smallest absolute Gasteiger partial charge is 0.330 e. The number of piperidine rings is 1. The van der Waals surface area contributed by atoms with Crippen molar-refractivity contribution in [2.75, 3.05) is 25.4 Å². The van der Waals surface area contributed by atoms with E-state index in [1.54, 1.807) is 25.1 Å². The Hall–Kier alpha value is -2.13. The first-order valence-corrected chi connectivity index (χ1v) is 10.7. The van der Waals surface area contributed by atoms with E-state index in [0.717, 1.165) is 11.3 Å². The standard InChI is InChI=1S/C18H24N2O6S/c1-2-27(24,25)20-8-3-4-14(11-20)17(21)19-16(18(22)23)13-5-6-15-12(10-13)7-9-26-15/h5-6,10,14,16H,2-4,7-9,11H2,1H3,(H,19,21)(H,22,23). The van der Waals surface area contributed by atoms with Gasteiger partial charge in [0.25, 0.3) is 0 Å². The summed E-state index contributed by atoms with van der Waals surface area (Å²) in [7, 11) is -3.37. The summed E-state index contributed by atoms with van der Waals surface area (Å²) in [5, 5.41) is 12.2. The van der Waals surface area contributed by atoms with Gasteiger partial charge >= 0.3 is 5.97 Å². The molecule has 0 saturated carbocycles. The van der Waals surface area contributed by atoms with E-state index in [1.807, 2.05) is 0 Å². The molecule has 1 saturated heterocycles. The van der Waals surface area contributed by atoms with Crippen LogP contribution in [-0.4, -0.2) is 55.2 Å². The van der Waals surface area contributed by atoms with E-state index in [1.165, 1.54) is 4.31 Å². The van der Waals surface area contributed by atoms with Crippen LogP contribution in [0.2, 0.25) is 0 Å². The first kappa shape index (κ1) is 19.6. The van der Waals surface area contributed by atoms with E-state index in [2.05, 4.69) is 5.32 Å². The Labute approximate surface area is 158 Å². The molecule has 1 amide bonds. The molecule has 1 aromatic rings. The van der Waals surface area contributed by atoms with Crippen molar-refractivity contribution in [3.63, 3.8) is 0 Å². The number of hydrogen-bond acceptors (Lipinski definition) is 5. The second-order valence-corrected chi connectivity index (χ2v) is 9.10. The number of benzene rings is 1. The number of hydrogen-bond donors (Lipinski definition) is 2. The number of carbonyl (C=O) groups is 2. The first-order chi connectivity index (χ1) is 12.8. The van der Waals surface area contributed by atoms with Gasteiger partial charge in [-0.25, -0.2) is 17.5 Å². The average Bonchev–Trinajstić information content (AvgIpc) is 3.13. The fraction of sp³-hybridized carbons (Fsp3) is 0.556. The van der Waals surface area contributed by atoms with Gasteiger partial charge in [-0.05, 0) is 43.0 Å². The summed E-state index contributed by atoms with van der Waals surface area (Å²) in [6.07, 6.45) is 1.81. The molecule has 2 aliphatic rings. The summed E-state index contributed by atoms with van der Waals surface area (Å²) in [4.78, 5) is 24.4. The minimum absolute atomic E-state index is 0.0176. The van der Waals surface area contributed by atoms with Gasteiger partial charge in [-0.15, -0.1) is 0 Å². The SMILES string of the molecule is CCS(=O)(=O)N1CCCC(C(=O)NC(C(=O)O)c2ccc3c(c2)CCO3)C1. The fourth-order valence-corrected chi connectivity index (χ4v) is 4.70. The summed E-state index contributed by atoms with van der Waals surface area (Å²) in [5.74, 6) is -1.43. The molecule has 3 rings (SSSR count). The molecular weight excluding hydrogens is 372 g/mol. The van der Waals surface area contributed by atoms with Gasteiger partial charge < -0.3 is 15.2 Å². The van der Waals surface area contributed by atoms with E-state index < -0.39 is 33.9 Å². The van der Waals surface area contributed by atoms with Gasteiger partial charge in [0.15, 0.2) is 6.04 Å². The number of nitrogens with one attached hydrogen (secondary N) is 1.